The molecule has 0 radical (unpaired) electrons. The van der Waals surface area contributed by atoms with Crippen molar-refractivity contribution in [1.29, 1.82) is 0 Å². The molecule has 126 valence electrons. The largest absolute Gasteiger partial charge is 0.312 e. The van der Waals surface area contributed by atoms with Crippen molar-refractivity contribution >= 4 is 21.6 Å². The molecule has 24 heavy (non-hydrogen) atoms. The highest BCUT2D eigenvalue weighted by atomic mass is 32.2. The average Bonchev–Trinajstić information content (AvgIpc) is 2.96. The second-order valence-corrected chi connectivity index (χ2v) is 7.84. The van der Waals surface area contributed by atoms with Gasteiger partial charge < -0.3 is 4.90 Å². The summed E-state index contributed by atoms with van der Waals surface area (Å²) in [6.07, 6.45) is 0.352. The Morgan fingerprint density at radius 1 is 1.08 bits per heavy atom. The van der Waals surface area contributed by atoms with Gasteiger partial charge in [-0.2, -0.15) is 0 Å². The van der Waals surface area contributed by atoms with Crippen LogP contribution in [0.15, 0.2) is 59.5 Å². The maximum absolute atomic E-state index is 12.2. The number of hydrogen-bond donors (Lipinski definition) is 1. The predicted molar refractivity (Wildman–Crippen MR) is 93.3 cm³/mol. The lowest BCUT2D eigenvalue weighted by Crippen LogP contribution is -2.31. The van der Waals surface area contributed by atoms with E-state index in [4.69, 9.17) is 0 Å². The van der Waals surface area contributed by atoms with E-state index in [1.165, 1.54) is 0 Å². The number of carbonyl (C=O) groups is 1. The fourth-order valence-corrected chi connectivity index (χ4v) is 3.94. The highest BCUT2D eigenvalue weighted by molar-refractivity contribution is 7.89. The second-order valence-electron chi connectivity index (χ2n) is 6.07. The zero-order chi connectivity index (χ0) is 17.2. The average molecular weight is 344 g/mol. The number of nitrogens with zero attached hydrogens (tertiary/aromatic N) is 1. The summed E-state index contributed by atoms with van der Waals surface area (Å²) in [6, 6.07) is 16.0. The van der Waals surface area contributed by atoms with Gasteiger partial charge in [-0.1, -0.05) is 35.9 Å². The summed E-state index contributed by atoms with van der Waals surface area (Å²) in [7, 11) is -3.53. The molecule has 1 fully saturated rings. The molecule has 0 bridgehead atoms. The summed E-state index contributed by atoms with van der Waals surface area (Å²) in [5, 5.41) is 0. The first kappa shape index (κ1) is 16.7. The van der Waals surface area contributed by atoms with Crippen LogP contribution in [0, 0.1) is 12.8 Å². The fraction of sp³-hybridized carbons (Fsp3) is 0.278. The van der Waals surface area contributed by atoms with Gasteiger partial charge >= 0.3 is 0 Å². The van der Waals surface area contributed by atoms with Crippen molar-refractivity contribution < 1.29 is 13.2 Å². The van der Waals surface area contributed by atoms with Crippen molar-refractivity contribution in [3.8, 4) is 0 Å². The standard InChI is InChI=1S/C18H20N2O3S/c1-14-7-9-16(10-8-14)20-13-15(11-18(20)21)12-19-24(22,23)17-5-3-2-4-6-17/h2-10,15,19H,11-13H2,1H3/t15-/m1/s1. The summed E-state index contributed by atoms with van der Waals surface area (Å²) in [6.45, 7) is 2.78. The molecule has 1 atom stereocenters. The Morgan fingerprint density at radius 3 is 2.42 bits per heavy atom. The third-order valence-corrected chi connectivity index (χ3v) is 5.61. The summed E-state index contributed by atoms with van der Waals surface area (Å²) < 4.78 is 27.1. The quantitative estimate of drug-likeness (QED) is 0.905. The van der Waals surface area contributed by atoms with Crippen LogP contribution in [0.4, 0.5) is 5.69 Å². The topological polar surface area (TPSA) is 66.5 Å². The summed E-state index contributed by atoms with van der Waals surface area (Å²) >= 11 is 0. The lowest BCUT2D eigenvalue weighted by Gasteiger charge is -2.17. The normalized spacial score (nSPS) is 18.1. The van der Waals surface area contributed by atoms with E-state index < -0.39 is 10.0 Å². The monoisotopic (exact) mass is 344 g/mol. The lowest BCUT2D eigenvalue weighted by atomic mass is 10.1. The fourth-order valence-electron chi connectivity index (χ4n) is 2.80. The van der Waals surface area contributed by atoms with Gasteiger partial charge in [0.25, 0.3) is 0 Å². The van der Waals surface area contributed by atoms with Gasteiger partial charge in [0.2, 0.25) is 15.9 Å². The van der Waals surface area contributed by atoms with Crippen molar-refractivity contribution in [2.24, 2.45) is 5.92 Å². The van der Waals surface area contributed by atoms with Gasteiger partial charge in [0, 0.05) is 25.2 Å². The second kappa shape index (κ2) is 6.75. The van der Waals surface area contributed by atoms with E-state index in [1.54, 1.807) is 35.2 Å². The van der Waals surface area contributed by atoms with E-state index in [1.807, 2.05) is 31.2 Å². The lowest BCUT2D eigenvalue weighted by molar-refractivity contribution is -0.117. The zero-order valence-corrected chi connectivity index (χ0v) is 14.3. The maximum atomic E-state index is 12.2. The molecule has 2 aromatic carbocycles. The number of aryl methyl sites for hydroxylation is 1. The highest BCUT2D eigenvalue weighted by Crippen LogP contribution is 2.25. The van der Waals surface area contributed by atoms with E-state index >= 15 is 0 Å². The first-order chi connectivity index (χ1) is 11.5. The first-order valence-electron chi connectivity index (χ1n) is 7.87. The predicted octanol–water partition coefficient (Wildman–Crippen LogP) is 2.33. The number of rotatable bonds is 5. The van der Waals surface area contributed by atoms with Crippen LogP contribution in [0.1, 0.15) is 12.0 Å². The number of sulfonamides is 1. The van der Waals surface area contributed by atoms with E-state index in [9.17, 15) is 13.2 Å². The maximum Gasteiger partial charge on any atom is 0.240 e. The van der Waals surface area contributed by atoms with Crippen LogP contribution in [0.3, 0.4) is 0 Å². The van der Waals surface area contributed by atoms with Crippen LogP contribution >= 0.6 is 0 Å². The van der Waals surface area contributed by atoms with Crippen LogP contribution in [-0.4, -0.2) is 27.4 Å². The molecule has 1 aliphatic rings. The molecule has 1 amide bonds. The molecule has 0 spiro atoms. The van der Waals surface area contributed by atoms with Gasteiger partial charge in [-0.25, -0.2) is 13.1 Å². The minimum Gasteiger partial charge on any atom is -0.312 e. The molecular weight excluding hydrogens is 324 g/mol. The zero-order valence-electron chi connectivity index (χ0n) is 13.5. The SMILES string of the molecule is Cc1ccc(N2C[C@@H](CNS(=O)(=O)c3ccccc3)CC2=O)cc1. The smallest absolute Gasteiger partial charge is 0.240 e. The van der Waals surface area contributed by atoms with Gasteiger partial charge in [-0.3, -0.25) is 4.79 Å². The molecule has 2 aromatic rings. The Bertz CT molecular complexity index is 817. The van der Waals surface area contributed by atoms with E-state index in [2.05, 4.69) is 4.72 Å². The molecule has 1 heterocycles. The van der Waals surface area contributed by atoms with Crippen molar-refractivity contribution in [1.82, 2.24) is 4.72 Å². The molecule has 0 aliphatic carbocycles. The third kappa shape index (κ3) is 3.66. The van der Waals surface area contributed by atoms with Gasteiger partial charge in [0.1, 0.15) is 0 Å². The van der Waals surface area contributed by atoms with E-state index in [-0.39, 0.29) is 23.3 Å². The summed E-state index contributed by atoms with van der Waals surface area (Å²) in [5.41, 5.74) is 2.00. The molecule has 0 aromatic heterocycles. The molecule has 1 saturated heterocycles. The van der Waals surface area contributed by atoms with E-state index in [0.717, 1.165) is 11.3 Å². The Labute approximate surface area is 142 Å². The van der Waals surface area contributed by atoms with Gasteiger partial charge in [-0.05, 0) is 37.1 Å². The van der Waals surface area contributed by atoms with Gasteiger partial charge in [0.15, 0.2) is 0 Å². The van der Waals surface area contributed by atoms with E-state index in [0.29, 0.717) is 13.0 Å². The minimum absolute atomic E-state index is 0.0303. The van der Waals surface area contributed by atoms with Crippen molar-refractivity contribution in [2.45, 2.75) is 18.2 Å². The van der Waals surface area contributed by atoms with Crippen molar-refractivity contribution in [2.75, 3.05) is 18.0 Å². The highest BCUT2D eigenvalue weighted by Gasteiger charge is 2.31. The van der Waals surface area contributed by atoms with Crippen molar-refractivity contribution in [3.63, 3.8) is 0 Å². The van der Waals surface area contributed by atoms with Crippen LogP contribution in [0.5, 0.6) is 0 Å². The number of anilines is 1. The molecule has 6 heteroatoms. The number of benzene rings is 2. The van der Waals surface area contributed by atoms with Crippen LogP contribution in [-0.2, 0) is 14.8 Å². The Morgan fingerprint density at radius 2 is 1.75 bits per heavy atom. The molecule has 5 nitrogen and oxygen atoms in total. The van der Waals surface area contributed by atoms with Crippen LogP contribution < -0.4 is 9.62 Å². The molecule has 1 N–H and O–H groups in total. The number of nitrogens with one attached hydrogen (secondary N) is 1. The molecule has 0 saturated carbocycles. The van der Waals surface area contributed by atoms with Gasteiger partial charge in [0.05, 0.1) is 4.90 Å². The Kier molecular flexibility index (Phi) is 4.69. The number of amides is 1. The molecular formula is C18H20N2O3S. The molecule has 1 aliphatic heterocycles. The van der Waals surface area contributed by atoms with Crippen LogP contribution in [0.25, 0.3) is 0 Å². The Balaban J connectivity index is 1.63. The van der Waals surface area contributed by atoms with Gasteiger partial charge in [-0.15, -0.1) is 0 Å². The van der Waals surface area contributed by atoms with Crippen molar-refractivity contribution in [3.05, 3.63) is 60.2 Å². The minimum atomic E-state index is -3.53. The first-order valence-corrected chi connectivity index (χ1v) is 9.36. The molecule has 3 rings (SSSR count). The molecule has 0 unspecified atom stereocenters. The third-order valence-electron chi connectivity index (χ3n) is 4.17. The number of hydrogen-bond acceptors (Lipinski definition) is 3. The Hall–Kier alpha value is -2.18. The summed E-state index contributed by atoms with van der Waals surface area (Å²) in [4.78, 5) is 14.2. The van der Waals surface area contributed by atoms with Crippen LogP contribution in [0.2, 0.25) is 0 Å². The number of carbonyl (C=O) groups excluding carboxylic acids is 1. The summed E-state index contributed by atoms with van der Waals surface area (Å²) in [5.74, 6) is 0.0000486.